The van der Waals surface area contributed by atoms with E-state index in [1.807, 2.05) is 7.05 Å². The van der Waals surface area contributed by atoms with Crippen LogP contribution in [-0.2, 0) is 19.5 Å². The summed E-state index contributed by atoms with van der Waals surface area (Å²) in [6, 6.07) is 6.51. The first kappa shape index (κ1) is 13.1. The lowest BCUT2D eigenvalue weighted by atomic mass is 10.1. The summed E-state index contributed by atoms with van der Waals surface area (Å²) in [7, 11) is 1.83. The third kappa shape index (κ3) is 3.32. The van der Waals surface area contributed by atoms with Gasteiger partial charge in [-0.05, 0) is 29.5 Å². The van der Waals surface area contributed by atoms with E-state index in [4.69, 9.17) is 0 Å². The second-order valence-electron chi connectivity index (χ2n) is 4.02. The average molecular weight is 262 g/mol. The first-order chi connectivity index (χ1) is 9.20. The molecule has 100 valence electrons. The third-order valence-corrected chi connectivity index (χ3v) is 2.70. The lowest BCUT2D eigenvalue weighted by Gasteiger charge is -2.04. The normalized spacial score (nSPS) is 10.6. The van der Waals surface area contributed by atoms with Crippen molar-refractivity contribution in [3.8, 4) is 0 Å². The molecule has 0 amide bonds. The molecule has 2 aromatic rings. The second kappa shape index (κ2) is 6.01. The summed E-state index contributed by atoms with van der Waals surface area (Å²) in [5.41, 5.74) is 1.11. The maximum absolute atomic E-state index is 10.5. The van der Waals surface area contributed by atoms with Gasteiger partial charge in [0.2, 0.25) is 0 Å². The predicted octanol–water partition coefficient (Wildman–Crippen LogP) is 0.543. The van der Waals surface area contributed by atoms with E-state index in [-0.39, 0.29) is 5.69 Å². The van der Waals surface area contributed by atoms with Crippen LogP contribution in [0.3, 0.4) is 0 Å². The number of non-ortho nitro benzene ring substituents is 1. The number of benzene rings is 1. The van der Waals surface area contributed by atoms with Crippen LogP contribution in [0.5, 0.6) is 0 Å². The van der Waals surface area contributed by atoms with Crippen molar-refractivity contribution < 1.29 is 4.92 Å². The largest absolute Gasteiger partial charge is 0.313 e. The highest BCUT2D eigenvalue weighted by Gasteiger charge is 2.06. The van der Waals surface area contributed by atoms with E-state index in [0.29, 0.717) is 13.1 Å². The van der Waals surface area contributed by atoms with Gasteiger partial charge in [-0.25, -0.2) is 4.68 Å². The van der Waals surface area contributed by atoms with Crippen LogP contribution in [-0.4, -0.2) is 32.2 Å². The quantitative estimate of drug-likeness (QED) is 0.602. The summed E-state index contributed by atoms with van der Waals surface area (Å²) >= 11 is 0. The molecular formula is C11H14N6O2. The van der Waals surface area contributed by atoms with Crippen LogP contribution in [0, 0.1) is 10.1 Å². The van der Waals surface area contributed by atoms with E-state index < -0.39 is 4.92 Å². The number of nitro groups is 1. The Kier molecular flexibility index (Phi) is 4.14. The number of tetrazole rings is 1. The lowest BCUT2D eigenvalue weighted by molar-refractivity contribution is -0.384. The highest BCUT2D eigenvalue weighted by Crippen LogP contribution is 2.12. The SMILES string of the molecule is CNCc1nnnn1CCc1ccc([N+](=O)[O-])cc1. The van der Waals surface area contributed by atoms with Gasteiger partial charge >= 0.3 is 0 Å². The number of aryl methyl sites for hydroxylation is 2. The van der Waals surface area contributed by atoms with E-state index in [2.05, 4.69) is 20.8 Å². The number of nitrogens with one attached hydrogen (secondary N) is 1. The lowest BCUT2D eigenvalue weighted by Crippen LogP contribution is -2.14. The van der Waals surface area contributed by atoms with Gasteiger partial charge in [0.1, 0.15) is 0 Å². The zero-order valence-corrected chi connectivity index (χ0v) is 10.5. The van der Waals surface area contributed by atoms with Crippen molar-refractivity contribution in [2.24, 2.45) is 0 Å². The van der Waals surface area contributed by atoms with Crippen LogP contribution in [0.1, 0.15) is 11.4 Å². The Morgan fingerprint density at radius 1 is 1.37 bits per heavy atom. The number of aromatic nitrogens is 4. The summed E-state index contributed by atoms with van der Waals surface area (Å²) < 4.78 is 1.72. The van der Waals surface area contributed by atoms with Gasteiger partial charge in [-0.1, -0.05) is 12.1 Å². The molecule has 0 saturated carbocycles. The molecule has 0 saturated heterocycles. The minimum atomic E-state index is -0.407. The predicted molar refractivity (Wildman–Crippen MR) is 67.4 cm³/mol. The Labute approximate surface area is 109 Å². The van der Waals surface area contributed by atoms with Crippen molar-refractivity contribution in [2.45, 2.75) is 19.5 Å². The third-order valence-electron chi connectivity index (χ3n) is 2.70. The zero-order chi connectivity index (χ0) is 13.7. The summed E-state index contributed by atoms with van der Waals surface area (Å²) in [4.78, 5) is 10.1. The molecule has 1 N–H and O–H groups in total. The maximum Gasteiger partial charge on any atom is 0.269 e. The summed E-state index contributed by atoms with van der Waals surface area (Å²) in [6.07, 6.45) is 0.722. The standard InChI is InChI=1S/C11H14N6O2/c1-12-8-11-13-14-15-16(11)7-6-9-2-4-10(5-3-9)17(18)19/h2-5,12H,6-8H2,1H3. The van der Waals surface area contributed by atoms with Crippen LogP contribution in [0.2, 0.25) is 0 Å². The van der Waals surface area contributed by atoms with Gasteiger partial charge in [0.05, 0.1) is 11.5 Å². The fraction of sp³-hybridized carbons (Fsp3) is 0.364. The number of hydrogen-bond donors (Lipinski definition) is 1. The molecule has 0 aliphatic heterocycles. The smallest absolute Gasteiger partial charge is 0.269 e. The minimum absolute atomic E-state index is 0.0991. The molecule has 8 heteroatoms. The average Bonchev–Trinajstić information content (AvgIpc) is 2.85. The van der Waals surface area contributed by atoms with Gasteiger partial charge in [-0.3, -0.25) is 10.1 Å². The monoisotopic (exact) mass is 262 g/mol. The molecule has 0 bridgehead atoms. The van der Waals surface area contributed by atoms with Gasteiger partial charge in [0, 0.05) is 18.7 Å². The van der Waals surface area contributed by atoms with Crippen molar-refractivity contribution in [3.63, 3.8) is 0 Å². The van der Waals surface area contributed by atoms with E-state index in [9.17, 15) is 10.1 Å². The zero-order valence-electron chi connectivity index (χ0n) is 10.5. The van der Waals surface area contributed by atoms with Crippen molar-refractivity contribution in [3.05, 3.63) is 45.8 Å². The number of rotatable bonds is 6. The summed E-state index contributed by atoms with van der Waals surface area (Å²) in [5, 5.41) is 25.0. The number of nitro benzene ring substituents is 1. The fourth-order valence-corrected chi connectivity index (χ4v) is 1.70. The van der Waals surface area contributed by atoms with Crippen molar-refractivity contribution >= 4 is 5.69 Å². The highest BCUT2D eigenvalue weighted by atomic mass is 16.6. The van der Waals surface area contributed by atoms with Crippen LogP contribution in [0.4, 0.5) is 5.69 Å². The molecule has 8 nitrogen and oxygen atoms in total. The Hall–Kier alpha value is -2.35. The first-order valence-electron chi connectivity index (χ1n) is 5.83. The molecule has 0 spiro atoms. The molecule has 1 heterocycles. The number of hydrogen-bond acceptors (Lipinski definition) is 6. The highest BCUT2D eigenvalue weighted by molar-refractivity contribution is 5.32. The molecule has 0 radical (unpaired) electrons. The molecule has 2 rings (SSSR count). The fourth-order valence-electron chi connectivity index (χ4n) is 1.70. The van der Waals surface area contributed by atoms with Crippen molar-refractivity contribution in [1.82, 2.24) is 25.5 Å². The maximum atomic E-state index is 10.5. The summed E-state index contributed by atoms with van der Waals surface area (Å²) in [6.45, 7) is 1.25. The Morgan fingerprint density at radius 2 is 2.11 bits per heavy atom. The van der Waals surface area contributed by atoms with Crippen molar-refractivity contribution in [1.29, 1.82) is 0 Å². The first-order valence-corrected chi connectivity index (χ1v) is 5.83. The van der Waals surface area contributed by atoms with Crippen LogP contribution in [0.15, 0.2) is 24.3 Å². The molecular weight excluding hydrogens is 248 g/mol. The van der Waals surface area contributed by atoms with E-state index >= 15 is 0 Å². The van der Waals surface area contributed by atoms with Crippen LogP contribution < -0.4 is 5.32 Å². The summed E-state index contributed by atoms with van der Waals surface area (Å²) in [5.74, 6) is 0.768. The molecule has 0 aliphatic rings. The van der Waals surface area contributed by atoms with E-state index in [0.717, 1.165) is 17.8 Å². The van der Waals surface area contributed by atoms with Gasteiger partial charge in [-0.2, -0.15) is 0 Å². The van der Waals surface area contributed by atoms with Gasteiger partial charge < -0.3 is 5.32 Å². The molecule has 0 unspecified atom stereocenters. The molecule has 1 aromatic carbocycles. The van der Waals surface area contributed by atoms with Gasteiger partial charge in [0.25, 0.3) is 5.69 Å². The van der Waals surface area contributed by atoms with Gasteiger partial charge in [0.15, 0.2) is 5.82 Å². The Balaban J connectivity index is 1.98. The Morgan fingerprint density at radius 3 is 2.74 bits per heavy atom. The van der Waals surface area contributed by atoms with E-state index in [1.54, 1.807) is 16.8 Å². The molecule has 19 heavy (non-hydrogen) atoms. The van der Waals surface area contributed by atoms with Gasteiger partial charge in [-0.15, -0.1) is 5.10 Å². The minimum Gasteiger partial charge on any atom is -0.313 e. The molecule has 0 fully saturated rings. The van der Waals surface area contributed by atoms with Crippen LogP contribution in [0.25, 0.3) is 0 Å². The molecule has 0 atom stereocenters. The Bertz CT molecular complexity index is 551. The number of nitrogens with zero attached hydrogens (tertiary/aromatic N) is 5. The van der Waals surface area contributed by atoms with E-state index in [1.165, 1.54) is 12.1 Å². The van der Waals surface area contributed by atoms with Crippen LogP contribution >= 0.6 is 0 Å². The van der Waals surface area contributed by atoms with Crippen molar-refractivity contribution in [2.75, 3.05) is 7.05 Å². The molecule has 0 aliphatic carbocycles. The topological polar surface area (TPSA) is 98.8 Å². The second-order valence-corrected chi connectivity index (χ2v) is 4.02. The molecule has 1 aromatic heterocycles.